The minimum Gasteiger partial charge on any atom is -0.375 e. The van der Waals surface area contributed by atoms with E-state index in [2.05, 4.69) is 31.9 Å². The summed E-state index contributed by atoms with van der Waals surface area (Å²) in [5, 5.41) is 8.61. The van der Waals surface area contributed by atoms with Crippen LogP contribution in [0.4, 0.5) is 17.1 Å². The van der Waals surface area contributed by atoms with Crippen LogP contribution in [0.25, 0.3) is 0 Å². The molecule has 0 saturated heterocycles. The molecular weight excluding hydrogens is 358 g/mol. The molecule has 0 aliphatic heterocycles. The van der Waals surface area contributed by atoms with Crippen LogP contribution in [0, 0.1) is 0 Å². The third-order valence-corrected chi connectivity index (χ3v) is 3.76. The van der Waals surface area contributed by atoms with Crippen LogP contribution in [-0.2, 0) is 9.59 Å². The van der Waals surface area contributed by atoms with E-state index in [0.717, 1.165) is 10.2 Å². The van der Waals surface area contributed by atoms with E-state index in [1.165, 1.54) is 0 Å². The number of hydrogen-bond acceptors (Lipinski definition) is 3. The van der Waals surface area contributed by atoms with Crippen molar-refractivity contribution in [3.05, 3.63) is 53.0 Å². The first-order chi connectivity index (χ1) is 11.1. The van der Waals surface area contributed by atoms with Crippen LogP contribution in [0.15, 0.2) is 53.0 Å². The summed E-state index contributed by atoms with van der Waals surface area (Å²) in [7, 11) is 0. The van der Waals surface area contributed by atoms with Crippen molar-refractivity contribution in [3.8, 4) is 0 Å². The molecular formula is C17H18BrN3O2. The number of rotatable bonds is 6. The molecule has 0 aromatic heterocycles. The molecule has 0 spiro atoms. The number of anilines is 3. The summed E-state index contributed by atoms with van der Waals surface area (Å²) in [6, 6.07) is 14.7. The molecule has 0 atom stereocenters. The molecule has 0 saturated carbocycles. The van der Waals surface area contributed by atoms with Gasteiger partial charge in [-0.05, 0) is 46.3 Å². The first-order valence-corrected chi connectivity index (χ1v) is 8.06. The van der Waals surface area contributed by atoms with Gasteiger partial charge in [0.05, 0.1) is 6.54 Å². The molecule has 6 heteroatoms. The highest BCUT2D eigenvalue weighted by Crippen LogP contribution is 2.21. The average Bonchev–Trinajstić information content (AvgIpc) is 2.54. The van der Waals surface area contributed by atoms with Crippen molar-refractivity contribution in [2.24, 2.45) is 0 Å². The first-order valence-electron chi connectivity index (χ1n) is 7.26. The lowest BCUT2D eigenvalue weighted by Gasteiger charge is -2.10. The van der Waals surface area contributed by atoms with E-state index in [1.807, 2.05) is 24.3 Å². The van der Waals surface area contributed by atoms with E-state index < -0.39 is 0 Å². The predicted octanol–water partition coefficient (Wildman–Crippen LogP) is 3.85. The van der Waals surface area contributed by atoms with Crippen molar-refractivity contribution < 1.29 is 9.59 Å². The van der Waals surface area contributed by atoms with Crippen LogP contribution in [-0.4, -0.2) is 18.4 Å². The summed E-state index contributed by atoms with van der Waals surface area (Å²) < 4.78 is 0.900. The standard InChI is InChI=1S/C17H18BrN3O2/c1-2-16(22)20-12-6-5-7-13(10-12)21-17(23)11-19-15-9-4-3-8-14(15)18/h3-10,19H,2,11H2,1H3,(H,20,22)(H,21,23). The van der Waals surface area contributed by atoms with Crippen LogP contribution in [0.2, 0.25) is 0 Å². The number of nitrogens with one attached hydrogen (secondary N) is 3. The van der Waals surface area contributed by atoms with Crippen LogP contribution >= 0.6 is 15.9 Å². The Morgan fingerprint density at radius 3 is 2.26 bits per heavy atom. The van der Waals surface area contributed by atoms with Gasteiger partial charge in [-0.2, -0.15) is 0 Å². The number of carbonyl (C=O) groups excluding carboxylic acids is 2. The Labute approximate surface area is 143 Å². The third-order valence-electron chi connectivity index (χ3n) is 3.06. The zero-order valence-corrected chi connectivity index (χ0v) is 14.3. The number of carbonyl (C=O) groups is 2. The van der Waals surface area contributed by atoms with Gasteiger partial charge in [-0.3, -0.25) is 9.59 Å². The molecule has 0 unspecified atom stereocenters. The predicted molar refractivity (Wildman–Crippen MR) is 96.6 cm³/mol. The summed E-state index contributed by atoms with van der Waals surface area (Å²) >= 11 is 3.42. The van der Waals surface area contributed by atoms with Crippen molar-refractivity contribution in [3.63, 3.8) is 0 Å². The fourth-order valence-corrected chi connectivity index (χ4v) is 2.33. The van der Waals surface area contributed by atoms with E-state index in [1.54, 1.807) is 31.2 Å². The van der Waals surface area contributed by atoms with Crippen LogP contribution < -0.4 is 16.0 Å². The summed E-state index contributed by atoms with van der Waals surface area (Å²) in [5.41, 5.74) is 2.15. The Bertz CT molecular complexity index is 704. The van der Waals surface area contributed by atoms with Crippen LogP contribution in [0.3, 0.4) is 0 Å². The molecule has 2 aromatic carbocycles. The van der Waals surface area contributed by atoms with Gasteiger partial charge in [-0.25, -0.2) is 0 Å². The summed E-state index contributed by atoms with van der Waals surface area (Å²) in [4.78, 5) is 23.4. The van der Waals surface area contributed by atoms with Crippen molar-refractivity contribution in [2.75, 3.05) is 22.5 Å². The van der Waals surface area contributed by atoms with Gasteiger partial charge in [0.25, 0.3) is 0 Å². The molecule has 2 amide bonds. The lowest BCUT2D eigenvalue weighted by molar-refractivity contribution is -0.116. The molecule has 2 rings (SSSR count). The molecule has 0 bridgehead atoms. The molecule has 23 heavy (non-hydrogen) atoms. The minimum atomic E-state index is -0.167. The lowest BCUT2D eigenvalue weighted by atomic mass is 10.2. The molecule has 0 radical (unpaired) electrons. The first kappa shape index (κ1) is 17.0. The average molecular weight is 376 g/mol. The van der Waals surface area contributed by atoms with Gasteiger partial charge in [0.15, 0.2) is 0 Å². The second-order valence-corrected chi connectivity index (χ2v) is 5.72. The zero-order valence-electron chi connectivity index (χ0n) is 12.7. The van der Waals surface area contributed by atoms with Gasteiger partial charge in [-0.1, -0.05) is 25.1 Å². The molecule has 120 valence electrons. The Kier molecular flexibility index (Phi) is 6.17. The Morgan fingerprint density at radius 1 is 0.957 bits per heavy atom. The Morgan fingerprint density at radius 2 is 1.61 bits per heavy atom. The fourth-order valence-electron chi connectivity index (χ4n) is 1.91. The minimum absolute atomic E-state index is 0.0657. The number of para-hydroxylation sites is 1. The highest BCUT2D eigenvalue weighted by molar-refractivity contribution is 9.10. The summed E-state index contributed by atoms with van der Waals surface area (Å²) in [6.07, 6.45) is 0.409. The van der Waals surface area contributed by atoms with E-state index in [9.17, 15) is 9.59 Å². The maximum absolute atomic E-state index is 12.0. The van der Waals surface area contributed by atoms with E-state index in [4.69, 9.17) is 0 Å². The van der Waals surface area contributed by atoms with Crippen LogP contribution in [0.1, 0.15) is 13.3 Å². The van der Waals surface area contributed by atoms with Gasteiger partial charge < -0.3 is 16.0 Å². The maximum atomic E-state index is 12.0. The second kappa shape index (κ2) is 8.33. The molecule has 2 aromatic rings. The van der Waals surface area contributed by atoms with E-state index in [0.29, 0.717) is 17.8 Å². The van der Waals surface area contributed by atoms with Gasteiger partial charge in [0.1, 0.15) is 0 Å². The second-order valence-electron chi connectivity index (χ2n) is 4.86. The van der Waals surface area contributed by atoms with Gasteiger partial charge in [0.2, 0.25) is 11.8 Å². The topological polar surface area (TPSA) is 70.2 Å². The Hall–Kier alpha value is -2.34. The number of amides is 2. The normalized spacial score (nSPS) is 10.0. The number of benzene rings is 2. The fraction of sp³-hybridized carbons (Fsp3) is 0.176. The highest BCUT2D eigenvalue weighted by atomic mass is 79.9. The van der Waals surface area contributed by atoms with Gasteiger partial charge in [-0.15, -0.1) is 0 Å². The molecule has 3 N–H and O–H groups in total. The van der Waals surface area contributed by atoms with Crippen molar-refractivity contribution in [1.82, 2.24) is 0 Å². The van der Waals surface area contributed by atoms with E-state index >= 15 is 0 Å². The van der Waals surface area contributed by atoms with E-state index in [-0.39, 0.29) is 18.4 Å². The highest BCUT2D eigenvalue weighted by Gasteiger charge is 2.05. The smallest absolute Gasteiger partial charge is 0.243 e. The SMILES string of the molecule is CCC(=O)Nc1cccc(NC(=O)CNc2ccccc2Br)c1. The molecule has 0 aliphatic carbocycles. The van der Waals surface area contributed by atoms with Crippen molar-refractivity contribution in [1.29, 1.82) is 0 Å². The Balaban J connectivity index is 1.91. The van der Waals surface area contributed by atoms with Gasteiger partial charge >= 0.3 is 0 Å². The van der Waals surface area contributed by atoms with Gasteiger partial charge in [0, 0.05) is 28.0 Å². The van der Waals surface area contributed by atoms with Crippen LogP contribution in [0.5, 0.6) is 0 Å². The van der Waals surface area contributed by atoms with Crippen molar-refractivity contribution in [2.45, 2.75) is 13.3 Å². The lowest BCUT2D eigenvalue weighted by Crippen LogP contribution is -2.22. The monoisotopic (exact) mass is 375 g/mol. The zero-order chi connectivity index (χ0) is 16.7. The molecule has 5 nitrogen and oxygen atoms in total. The summed E-state index contributed by atoms with van der Waals surface area (Å²) in [6.45, 7) is 1.93. The third kappa shape index (κ3) is 5.41. The maximum Gasteiger partial charge on any atom is 0.243 e. The molecule has 0 fully saturated rings. The van der Waals surface area contributed by atoms with Crippen molar-refractivity contribution >= 4 is 44.8 Å². The number of halogens is 1. The summed E-state index contributed by atoms with van der Waals surface area (Å²) in [5.74, 6) is -0.233. The largest absolute Gasteiger partial charge is 0.375 e. The quantitative estimate of drug-likeness (QED) is 0.717. The number of hydrogen-bond donors (Lipinski definition) is 3. The molecule has 0 aliphatic rings. The molecule has 0 heterocycles.